The van der Waals surface area contributed by atoms with E-state index in [1.807, 2.05) is 32.2 Å². The van der Waals surface area contributed by atoms with Crippen LogP contribution in [0, 0.1) is 6.92 Å². The number of anilines is 2. The molecule has 0 spiro atoms. The van der Waals surface area contributed by atoms with Crippen LogP contribution in [0.15, 0.2) is 24.5 Å². The Hall–Kier alpha value is -2.50. The molecule has 0 saturated heterocycles. The molecule has 2 rings (SSSR count). The lowest BCUT2D eigenvalue weighted by Crippen LogP contribution is -2.06. The number of rotatable bonds is 6. The van der Waals surface area contributed by atoms with Gasteiger partial charge in [0.1, 0.15) is 18.0 Å². The van der Waals surface area contributed by atoms with Crippen molar-refractivity contribution < 1.29 is 9.47 Å². The van der Waals surface area contributed by atoms with Crippen LogP contribution in [-0.4, -0.2) is 31.2 Å². The van der Waals surface area contributed by atoms with Crippen LogP contribution in [0.1, 0.15) is 11.1 Å². The van der Waals surface area contributed by atoms with Gasteiger partial charge >= 0.3 is 0 Å². The summed E-state index contributed by atoms with van der Waals surface area (Å²) in [6.45, 7) is 2.62. The molecule has 0 aliphatic rings. The molecule has 0 amide bonds. The van der Waals surface area contributed by atoms with Crippen LogP contribution < -0.4 is 20.1 Å². The van der Waals surface area contributed by atoms with E-state index >= 15 is 0 Å². The van der Waals surface area contributed by atoms with Gasteiger partial charge in [0, 0.05) is 19.2 Å². The molecule has 1 aromatic heterocycles. The average Bonchev–Trinajstić information content (AvgIpc) is 2.53. The minimum absolute atomic E-state index is 0.640. The first-order chi connectivity index (χ1) is 10.2. The summed E-state index contributed by atoms with van der Waals surface area (Å²) in [5.74, 6) is 3.06. The normalized spacial score (nSPS) is 10.1. The zero-order chi connectivity index (χ0) is 15.2. The van der Waals surface area contributed by atoms with Gasteiger partial charge in [-0.25, -0.2) is 9.97 Å². The molecular formula is C15H20N4O2. The minimum atomic E-state index is 0.640. The molecule has 0 unspecified atom stereocenters. The Morgan fingerprint density at radius 2 is 1.76 bits per heavy atom. The third-order valence-electron chi connectivity index (χ3n) is 3.23. The summed E-state index contributed by atoms with van der Waals surface area (Å²) in [7, 11) is 5.09. The maximum absolute atomic E-state index is 5.30. The standard InChI is InChI=1S/C15H20N4O2/c1-10-14(16-2)18-9-19-15(10)17-8-11-5-6-12(20-3)13(7-11)21-4/h5-7,9H,8H2,1-4H3,(H2,16,17,18,19). The molecule has 1 heterocycles. The minimum Gasteiger partial charge on any atom is -0.493 e. The van der Waals surface area contributed by atoms with E-state index in [2.05, 4.69) is 20.6 Å². The van der Waals surface area contributed by atoms with E-state index in [9.17, 15) is 0 Å². The zero-order valence-corrected chi connectivity index (χ0v) is 12.7. The second-order valence-corrected chi connectivity index (χ2v) is 4.49. The molecule has 6 heteroatoms. The van der Waals surface area contributed by atoms with Gasteiger partial charge in [-0.05, 0) is 24.6 Å². The van der Waals surface area contributed by atoms with Gasteiger partial charge in [-0.15, -0.1) is 0 Å². The monoisotopic (exact) mass is 288 g/mol. The summed E-state index contributed by atoms with van der Waals surface area (Å²) in [6.07, 6.45) is 1.54. The lowest BCUT2D eigenvalue weighted by atomic mass is 10.2. The lowest BCUT2D eigenvalue weighted by molar-refractivity contribution is 0.354. The highest BCUT2D eigenvalue weighted by Crippen LogP contribution is 2.28. The first kappa shape index (κ1) is 14.9. The maximum Gasteiger partial charge on any atom is 0.161 e. The van der Waals surface area contributed by atoms with Crippen molar-refractivity contribution in [3.8, 4) is 11.5 Å². The molecule has 0 atom stereocenters. The fraction of sp³-hybridized carbons (Fsp3) is 0.333. The Labute approximate surface area is 124 Å². The highest BCUT2D eigenvalue weighted by molar-refractivity contribution is 5.56. The van der Waals surface area contributed by atoms with Crippen LogP contribution in [-0.2, 0) is 6.54 Å². The largest absolute Gasteiger partial charge is 0.493 e. The van der Waals surface area contributed by atoms with Gasteiger partial charge in [0.15, 0.2) is 11.5 Å². The number of benzene rings is 1. The predicted octanol–water partition coefficient (Wildman–Crippen LogP) is 2.46. The molecule has 0 fully saturated rings. The molecular weight excluding hydrogens is 268 g/mol. The number of hydrogen-bond donors (Lipinski definition) is 2. The van der Waals surface area contributed by atoms with Crippen molar-refractivity contribution in [1.29, 1.82) is 0 Å². The van der Waals surface area contributed by atoms with E-state index < -0.39 is 0 Å². The van der Waals surface area contributed by atoms with Crippen molar-refractivity contribution in [2.24, 2.45) is 0 Å². The maximum atomic E-state index is 5.30. The molecule has 2 N–H and O–H groups in total. The summed E-state index contributed by atoms with van der Waals surface area (Å²) >= 11 is 0. The lowest BCUT2D eigenvalue weighted by Gasteiger charge is -2.12. The molecule has 0 aliphatic carbocycles. The van der Waals surface area contributed by atoms with Gasteiger partial charge in [-0.2, -0.15) is 0 Å². The van der Waals surface area contributed by atoms with Gasteiger partial charge < -0.3 is 20.1 Å². The van der Waals surface area contributed by atoms with Crippen molar-refractivity contribution in [3.05, 3.63) is 35.7 Å². The fourth-order valence-electron chi connectivity index (χ4n) is 2.06. The van der Waals surface area contributed by atoms with Crippen LogP contribution in [0.4, 0.5) is 11.6 Å². The van der Waals surface area contributed by atoms with Gasteiger partial charge in [0.05, 0.1) is 14.2 Å². The van der Waals surface area contributed by atoms with E-state index in [1.54, 1.807) is 14.2 Å². The Kier molecular flexibility index (Phi) is 4.81. The van der Waals surface area contributed by atoms with Crippen LogP contribution in [0.2, 0.25) is 0 Å². The van der Waals surface area contributed by atoms with Gasteiger partial charge in [-0.3, -0.25) is 0 Å². The number of aromatic nitrogens is 2. The summed E-state index contributed by atoms with van der Waals surface area (Å²) in [4.78, 5) is 8.42. The van der Waals surface area contributed by atoms with Crippen molar-refractivity contribution in [1.82, 2.24) is 9.97 Å². The molecule has 112 valence electrons. The van der Waals surface area contributed by atoms with E-state index in [0.717, 1.165) is 28.5 Å². The van der Waals surface area contributed by atoms with Crippen molar-refractivity contribution >= 4 is 11.6 Å². The summed E-state index contributed by atoms with van der Waals surface area (Å²) in [5.41, 5.74) is 2.07. The fourth-order valence-corrected chi connectivity index (χ4v) is 2.06. The summed E-state index contributed by atoms with van der Waals surface area (Å²) < 4.78 is 10.5. The second-order valence-electron chi connectivity index (χ2n) is 4.49. The zero-order valence-electron chi connectivity index (χ0n) is 12.7. The van der Waals surface area contributed by atoms with E-state index in [4.69, 9.17) is 9.47 Å². The Bertz CT molecular complexity index is 617. The SMILES string of the molecule is CNc1ncnc(NCc2ccc(OC)c(OC)c2)c1C. The second kappa shape index (κ2) is 6.78. The third kappa shape index (κ3) is 3.34. The van der Waals surface area contributed by atoms with Crippen molar-refractivity contribution in [2.75, 3.05) is 31.9 Å². The average molecular weight is 288 g/mol. The van der Waals surface area contributed by atoms with Crippen molar-refractivity contribution in [2.45, 2.75) is 13.5 Å². The van der Waals surface area contributed by atoms with Gasteiger partial charge in [-0.1, -0.05) is 6.07 Å². The quantitative estimate of drug-likeness (QED) is 0.851. The van der Waals surface area contributed by atoms with Crippen LogP contribution in [0.3, 0.4) is 0 Å². The number of ether oxygens (including phenoxy) is 2. The highest BCUT2D eigenvalue weighted by Gasteiger charge is 2.07. The number of nitrogens with one attached hydrogen (secondary N) is 2. The molecule has 21 heavy (non-hydrogen) atoms. The van der Waals surface area contributed by atoms with Gasteiger partial charge in [0.25, 0.3) is 0 Å². The molecule has 0 radical (unpaired) electrons. The first-order valence-corrected chi connectivity index (χ1v) is 6.63. The van der Waals surface area contributed by atoms with E-state index in [1.165, 1.54) is 6.33 Å². The Morgan fingerprint density at radius 3 is 2.43 bits per heavy atom. The van der Waals surface area contributed by atoms with Crippen LogP contribution in [0.25, 0.3) is 0 Å². The molecule has 2 aromatic rings. The smallest absolute Gasteiger partial charge is 0.161 e. The molecule has 1 aromatic carbocycles. The molecule has 0 aliphatic heterocycles. The number of hydrogen-bond acceptors (Lipinski definition) is 6. The predicted molar refractivity (Wildman–Crippen MR) is 83.2 cm³/mol. The Morgan fingerprint density at radius 1 is 1.05 bits per heavy atom. The first-order valence-electron chi connectivity index (χ1n) is 6.63. The Balaban J connectivity index is 2.13. The highest BCUT2D eigenvalue weighted by atomic mass is 16.5. The van der Waals surface area contributed by atoms with E-state index in [-0.39, 0.29) is 0 Å². The van der Waals surface area contributed by atoms with Crippen LogP contribution in [0.5, 0.6) is 11.5 Å². The molecule has 6 nitrogen and oxygen atoms in total. The van der Waals surface area contributed by atoms with Crippen molar-refractivity contribution in [3.63, 3.8) is 0 Å². The summed E-state index contributed by atoms with van der Waals surface area (Å²) in [6, 6.07) is 5.83. The summed E-state index contributed by atoms with van der Waals surface area (Å²) in [5, 5.41) is 6.34. The number of methoxy groups -OCH3 is 2. The molecule has 0 saturated carbocycles. The van der Waals surface area contributed by atoms with Gasteiger partial charge in [0.2, 0.25) is 0 Å². The molecule has 0 bridgehead atoms. The van der Waals surface area contributed by atoms with Crippen LogP contribution >= 0.6 is 0 Å². The topological polar surface area (TPSA) is 68.3 Å². The number of nitrogens with zero attached hydrogens (tertiary/aromatic N) is 2. The van der Waals surface area contributed by atoms with E-state index in [0.29, 0.717) is 12.3 Å². The third-order valence-corrected chi connectivity index (χ3v) is 3.23.